The summed E-state index contributed by atoms with van der Waals surface area (Å²) in [6.45, 7) is 2.07. The van der Waals surface area contributed by atoms with Crippen molar-refractivity contribution in [1.29, 1.82) is 0 Å². The quantitative estimate of drug-likeness (QED) is 0.638. The van der Waals surface area contributed by atoms with Gasteiger partial charge in [-0.25, -0.2) is 0 Å². The molecule has 72 valence electrons. The van der Waals surface area contributed by atoms with E-state index >= 15 is 0 Å². The van der Waals surface area contributed by atoms with Crippen LogP contribution in [0, 0.1) is 17.8 Å². The van der Waals surface area contributed by atoms with E-state index in [1.807, 2.05) is 0 Å². The van der Waals surface area contributed by atoms with Crippen LogP contribution in [0.4, 0.5) is 0 Å². The standard InChI is InChI=1S/C12H19N/c1-3-10(2)13-11-4-6-12(7-5-11)8-9-12/h1,10-11,13H,4-9H2,2H3. The lowest BCUT2D eigenvalue weighted by molar-refractivity contribution is 0.270. The summed E-state index contributed by atoms with van der Waals surface area (Å²) in [6, 6.07) is 0.940. The van der Waals surface area contributed by atoms with Crippen molar-refractivity contribution in [2.24, 2.45) is 5.41 Å². The van der Waals surface area contributed by atoms with Crippen molar-refractivity contribution in [3.63, 3.8) is 0 Å². The van der Waals surface area contributed by atoms with Gasteiger partial charge in [0.05, 0.1) is 6.04 Å². The van der Waals surface area contributed by atoms with Crippen molar-refractivity contribution >= 4 is 0 Å². The molecule has 2 rings (SSSR count). The monoisotopic (exact) mass is 177 g/mol. The molecule has 13 heavy (non-hydrogen) atoms. The molecule has 2 fully saturated rings. The van der Waals surface area contributed by atoms with Gasteiger partial charge in [-0.3, -0.25) is 0 Å². The van der Waals surface area contributed by atoms with E-state index in [1.54, 1.807) is 0 Å². The van der Waals surface area contributed by atoms with Crippen LogP contribution in [0.3, 0.4) is 0 Å². The van der Waals surface area contributed by atoms with Gasteiger partial charge in [0, 0.05) is 6.04 Å². The Morgan fingerprint density at radius 1 is 1.31 bits per heavy atom. The van der Waals surface area contributed by atoms with Crippen molar-refractivity contribution in [3.8, 4) is 12.3 Å². The normalized spacial score (nSPS) is 28.3. The fraction of sp³-hybridized carbons (Fsp3) is 0.833. The Kier molecular flexibility index (Phi) is 2.34. The number of hydrogen-bond acceptors (Lipinski definition) is 1. The molecular formula is C12H19N. The summed E-state index contributed by atoms with van der Waals surface area (Å²) < 4.78 is 0. The van der Waals surface area contributed by atoms with E-state index in [4.69, 9.17) is 6.42 Å². The Morgan fingerprint density at radius 3 is 2.38 bits per heavy atom. The summed E-state index contributed by atoms with van der Waals surface area (Å²) in [7, 11) is 0. The van der Waals surface area contributed by atoms with E-state index in [9.17, 15) is 0 Å². The predicted molar refractivity (Wildman–Crippen MR) is 55.4 cm³/mol. The van der Waals surface area contributed by atoms with Crippen molar-refractivity contribution < 1.29 is 0 Å². The van der Waals surface area contributed by atoms with Crippen molar-refractivity contribution in [3.05, 3.63) is 0 Å². The summed E-state index contributed by atoms with van der Waals surface area (Å²) in [4.78, 5) is 0. The molecule has 0 aliphatic heterocycles. The third-order valence-electron chi connectivity index (χ3n) is 3.74. The van der Waals surface area contributed by atoms with Crippen LogP contribution < -0.4 is 5.32 Å². The molecule has 0 saturated heterocycles. The average Bonchev–Trinajstić information content (AvgIpc) is 2.90. The van der Waals surface area contributed by atoms with E-state index in [2.05, 4.69) is 18.2 Å². The highest BCUT2D eigenvalue weighted by molar-refractivity contribution is 5.01. The second-order valence-electron chi connectivity index (χ2n) is 4.83. The zero-order chi connectivity index (χ0) is 9.31. The molecule has 0 aromatic carbocycles. The lowest BCUT2D eigenvalue weighted by atomic mass is 9.83. The van der Waals surface area contributed by atoms with E-state index in [0.29, 0.717) is 6.04 Å². The van der Waals surface area contributed by atoms with Gasteiger partial charge >= 0.3 is 0 Å². The van der Waals surface area contributed by atoms with Crippen molar-refractivity contribution in [2.75, 3.05) is 0 Å². The molecule has 0 bridgehead atoms. The Bertz CT molecular complexity index is 212. The molecule has 0 radical (unpaired) electrons. The molecule has 1 nitrogen and oxygen atoms in total. The van der Waals surface area contributed by atoms with Gasteiger partial charge < -0.3 is 5.32 Å². The lowest BCUT2D eigenvalue weighted by Crippen LogP contribution is -2.38. The molecule has 2 aliphatic carbocycles. The summed E-state index contributed by atoms with van der Waals surface area (Å²) in [5.74, 6) is 2.74. The van der Waals surface area contributed by atoms with Crippen LogP contribution >= 0.6 is 0 Å². The molecule has 0 aromatic heterocycles. The highest BCUT2D eigenvalue weighted by atomic mass is 14.9. The molecule has 1 N–H and O–H groups in total. The minimum Gasteiger partial charge on any atom is -0.301 e. The number of nitrogens with one attached hydrogen (secondary N) is 1. The smallest absolute Gasteiger partial charge is 0.0660 e. The minimum absolute atomic E-state index is 0.248. The molecule has 0 amide bonds. The molecule has 2 saturated carbocycles. The molecule has 1 unspecified atom stereocenters. The average molecular weight is 177 g/mol. The van der Waals surface area contributed by atoms with Gasteiger partial charge in [0.2, 0.25) is 0 Å². The Morgan fingerprint density at radius 2 is 1.92 bits per heavy atom. The van der Waals surface area contributed by atoms with Crippen LogP contribution in [-0.4, -0.2) is 12.1 Å². The largest absolute Gasteiger partial charge is 0.301 e. The third kappa shape index (κ3) is 2.06. The van der Waals surface area contributed by atoms with E-state index in [0.717, 1.165) is 5.41 Å². The molecule has 0 aromatic rings. The van der Waals surface area contributed by atoms with Crippen LogP contribution in [0.15, 0.2) is 0 Å². The van der Waals surface area contributed by atoms with Crippen LogP contribution in [-0.2, 0) is 0 Å². The topological polar surface area (TPSA) is 12.0 Å². The van der Waals surface area contributed by atoms with Gasteiger partial charge in [0.15, 0.2) is 0 Å². The lowest BCUT2D eigenvalue weighted by Gasteiger charge is -2.30. The predicted octanol–water partition coefficient (Wildman–Crippen LogP) is 2.32. The fourth-order valence-corrected chi connectivity index (χ4v) is 2.48. The minimum atomic E-state index is 0.248. The number of terminal acetylenes is 1. The Balaban J connectivity index is 1.75. The number of rotatable bonds is 2. The highest BCUT2D eigenvalue weighted by Gasteiger charge is 2.44. The van der Waals surface area contributed by atoms with Crippen LogP contribution in [0.1, 0.15) is 45.4 Å². The summed E-state index contributed by atoms with van der Waals surface area (Å²) >= 11 is 0. The maximum absolute atomic E-state index is 5.34. The SMILES string of the molecule is C#CC(C)NC1CCC2(CC1)CC2. The van der Waals surface area contributed by atoms with Crippen LogP contribution in [0.2, 0.25) is 0 Å². The zero-order valence-corrected chi connectivity index (χ0v) is 8.47. The summed E-state index contributed by atoms with van der Waals surface area (Å²) in [5.41, 5.74) is 0.803. The summed E-state index contributed by atoms with van der Waals surface area (Å²) in [5, 5.41) is 3.50. The van der Waals surface area contributed by atoms with Gasteiger partial charge in [-0.1, -0.05) is 5.92 Å². The van der Waals surface area contributed by atoms with Crippen molar-refractivity contribution in [1.82, 2.24) is 5.32 Å². The summed E-state index contributed by atoms with van der Waals surface area (Å²) in [6.07, 6.45) is 13.9. The van der Waals surface area contributed by atoms with Gasteiger partial charge in [-0.15, -0.1) is 6.42 Å². The Hall–Kier alpha value is -0.480. The first-order valence-electron chi connectivity index (χ1n) is 5.46. The van der Waals surface area contributed by atoms with Gasteiger partial charge in [0.1, 0.15) is 0 Å². The van der Waals surface area contributed by atoms with E-state index in [1.165, 1.54) is 38.5 Å². The molecule has 0 heterocycles. The first-order chi connectivity index (χ1) is 6.24. The third-order valence-corrected chi connectivity index (χ3v) is 3.74. The first kappa shape index (κ1) is 9.09. The molecule has 1 atom stereocenters. The maximum atomic E-state index is 5.34. The molecule has 2 aliphatic rings. The van der Waals surface area contributed by atoms with E-state index < -0.39 is 0 Å². The molecule has 1 spiro atoms. The van der Waals surface area contributed by atoms with Gasteiger partial charge in [0.25, 0.3) is 0 Å². The first-order valence-corrected chi connectivity index (χ1v) is 5.46. The second kappa shape index (κ2) is 3.35. The highest BCUT2D eigenvalue weighted by Crippen LogP contribution is 2.56. The zero-order valence-electron chi connectivity index (χ0n) is 8.47. The molecular weight excluding hydrogens is 158 g/mol. The fourth-order valence-electron chi connectivity index (χ4n) is 2.48. The van der Waals surface area contributed by atoms with E-state index in [-0.39, 0.29) is 6.04 Å². The van der Waals surface area contributed by atoms with Crippen molar-refractivity contribution in [2.45, 2.75) is 57.5 Å². The maximum Gasteiger partial charge on any atom is 0.0660 e. The molecule has 1 heteroatoms. The second-order valence-corrected chi connectivity index (χ2v) is 4.83. The van der Waals surface area contributed by atoms with Crippen LogP contribution in [0.5, 0.6) is 0 Å². The number of hydrogen-bond donors (Lipinski definition) is 1. The van der Waals surface area contributed by atoms with Gasteiger partial charge in [-0.2, -0.15) is 0 Å². The van der Waals surface area contributed by atoms with Gasteiger partial charge in [-0.05, 0) is 50.9 Å². The Labute approximate surface area is 81.3 Å². The van der Waals surface area contributed by atoms with Crippen LogP contribution in [0.25, 0.3) is 0 Å².